The first-order chi connectivity index (χ1) is 15.8. The Morgan fingerprint density at radius 3 is 0.912 bits per heavy atom. The second kappa shape index (κ2) is 10.3. The Morgan fingerprint density at radius 2 is 0.676 bits per heavy atom. The fourth-order valence-corrected chi connectivity index (χ4v) is 3.39. The Kier molecular flexibility index (Phi) is 7.51. The van der Waals surface area contributed by atoms with Crippen molar-refractivity contribution < 1.29 is 0 Å². The molecule has 0 spiro atoms. The number of hydrogen-bond acceptors (Lipinski definition) is 6. The number of hydrogen-bond donors (Lipinski definition) is 3. The third-order valence-corrected chi connectivity index (χ3v) is 5.92. The van der Waals surface area contributed by atoms with Gasteiger partial charge in [0.25, 0.3) is 0 Å². The largest absolute Gasteiger partial charge is 0.324 e. The minimum Gasteiger partial charge on any atom is -0.324 e. The van der Waals surface area contributed by atoms with Gasteiger partial charge in [0.1, 0.15) is 0 Å². The molecule has 176 valence electrons. The number of aryl methyl sites for hydroxylation is 6. The van der Waals surface area contributed by atoms with Crippen LogP contribution in [0.2, 0.25) is 0 Å². The summed E-state index contributed by atoms with van der Waals surface area (Å²) in [5.41, 5.74) is 10.1. The lowest BCUT2D eigenvalue weighted by Gasteiger charge is -2.13. The van der Waals surface area contributed by atoms with E-state index in [9.17, 15) is 0 Å². The first-order valence-corrected chi connectivity index (χ1v) is 11.1. The molecule has 34 heavy (non-hydrogen) atoms. The maximum atomic E-state index is 4.62. The summed E-state index contributed by atoms with van der Waals surface area (Å²) in [7, 11) is 0. The summed E-state index contributed by atoms with van der Waals surface area (Å²) in [4.78, 5) is 13.9. The van der Waals surface area contributed by atoms with Gasteiger partial charge in [-0.1, -0.05) is 25.6 Å². The third-order valence-electron chi connectivity index (χ3n) is 5.92. The highest BCUT2D eigenvalue weighted by Crippen LogP contribution is 2.24. The van der Waals surface area contributed by atoms with Crippen LogP contribution in [0.4, 0.5) is 34.9 Å². The normalized spacial score (nSPS) is 10.4. The van der Waals surface area contributed by atoms with E-state index in [2.05, 4.69) is 109 Å². The SMILES string of the molecule is C.Cc1ccc(Nc2nc(Nc3ccc(C)c(C)c3)nc(Nc3ccc(C)c(C)c3)n2)cc1C. The van der Waals surface area contributed by atoms with Gasteiger partial charge in [0.2, 0.25) is 17.8 Å². The third kappa shape index (κ3) is 5.90. The molecule has 0 bridgehead atoms. The molecule has 4 aromatic rings. The van der Waals surface area contributed by atoms with Crippen molar-refractivity contribution in [3.8, 4) is 0 Å². The molecular formula is C28H34N6. The van der Waals surface area contributed by atoms with E-state index in [1.165, 1.54) is 33.4 Å². The van der Waals surface area contributed by atoms with Gasteiger partial charge >= 0.3 is 0 Å². The summed E-state index contributed by atoms with van der Waals surface area (Å²) in [6.07, 6.45) is 0. The minimum atomic E-state index is 0. The summed E-state index contributed by atoms with van der Waals surface area (Å²) in [5, 5.41) is 9.97. The summed E-state index contributed by atoms with van der Waals surface area (Å²) in [6.45, 7) is 12.6. The van der Waals surface area contributed by atoms with Gasteiger partial charge in [0, 0.05) is 17.1 Å². The van der Waals surface area contributed by atoms with Crippen molar-refractivity contribution in [1.82, 2.24) is 15.0 Å². The van der Waals surface area contributed by atoms with Gasteiger partial charge in [0.15, 0.2) is 0 Å². The average Bonchev–Trinajstić information content (AvgIpc) is 2.76. The van der Waals surface area contributed by atoms with E-state index in [4.69, 9.17) is 0 Å². The van der Waals surface area contributed by atoms with Crippen molar-refractivity contribution >= 4 is 34.9 Å². The molecule has 0 saturated carbocycles. The van der Waals surface area contributed by atoms with Crippen LogP contribution in [0.3, 0.4) is 0 Å². The van der Waals surface area contributed by atoms with E-state index >= 15 is 0 Å². The van der Waals surface area contributed by atoms with Gasteiger partial charge in [-0.3, -0.25) is 0 Å². The topological polar surface area (TPSA) is 74.8 Å². The zero-order valence-electron chi connectivity index (χ0n) is 20.0. The number of nitrogens with one attached hydrogen (secondary N) is 3. The summed E-state index contributed by atoms with van der Waals surface area (Å²) < 4.78 is 0. The molecule has 0 atom stereocenters. The molecule has 3 aromatic carbocycles. The van der Waals surface area contributed by atoms with Crippen LogP contribution in [-0.4, -0.2) is 15.0 Å². The fourth-order valence-electron chi connectivity index (χ4n) is 3.39. The van der Waals surface area contributed by atoms with Crippen molar-refractivity contribution in [2.75, 3.05) is 16.0 Å². The van der Waals surface area contributed by atoms with Crippen LogP contribution in [0.15, 0.2) is 54.6 Å². The first-order valence-electron chi connectivity index (χ1n) is 11.1. The van der Waals surface area contributed by atoms with E-state index in [1.54, 1.807) is 0 Å². The van der Waals surface area contributed by atoms with Crippen LogP contribution in [0.5, 0.6) is 0 Å². The molecule has 0 aliphatic carbocycles. The van der Waals surface area contributed by atoms with Crippen LogP contribution < -0.4 is 16.0 Å². The highest BCUT2D eigenvalue weighted by Gasteiger charge is 2.10. The van der Waals surface area contributed by atoms with Crippen LogP contribution >= 0.6 is 0 Å². The van der Waals surface area contributed by atoms with Crippen LogP contribution in [0, 0.1) is 41.5 Å². The summed E-state index contributed by atoms with van der Waals surface area (Å²) >= 11 is 0. The van der Waals surface area contributed by atoms with Crippen molar-refractivity contribution in [3.63, 3.8) is 0 Å². The van der Waals surface area contributed by atoms with Crippen molar-refractivity contribution in [2.24, 2.45) is 0 Å². The Morgan fingerprint density at radius 1 is 0.412 bits per heavy atom. The Bertz CT molecular complexity index is 1140. The van der Waals surface area contributed by atoms with Crippen LogP contribution in [0.25, 0.3) is 0 Å². The Balaban J connectivity index is 0.00000324. The standard InChI is InChI=1S/C27H30N6.CH4/c1-16-7-10-22(13-19(16)4)28-25-31-26(29-23-11-8-17(2)20(5)14-23)33-27(32-25)30-24-12-9-18(3)21(6)15-24;/h7-15H,1-6H3,(H3,28,29,30,31,32,33);1H4. The van der Waals surface area contributed by atoms with E-state index in [0.29, 0.717) is 17.8 Å². The van der Waals surface area contributed by atoms with Gasteiger partial charge in [-0.15, -0.1) is 0 Å². The number of benzene rings is 3. The zero-order chi connectivity index (χ0) is 23.5. The molecule has 0 fully saturated rings. The molecule has 0 amide bonds. The van der Waals surface area contributed by atoms with Crippen molar-refractivity contribution in [2.45, 2.75) is 49.0 Å². The monoisotopic (exact) mass is 454 g/mol. The van der Waals surface area contributed by atoms with E-state index in [-0.39, 0.29) is 7.43 Å². The highest BCUT2D eigenvalue weighted by atomic mass is 15.3. The second-order valence-corrected chi connectivity index (χ2v) is 8.58. The van der Waals surface area contributed by atoms with Gasteiger partial charge in [-0.25, -0.2) is 0 Å². The second-order valence-electron chi connectivity index (χ2n) is 8.58. The molecule has 0 aliphatic rings. The predicted octanol–water partition coefficient (Wildman–Crippen LogP) is 7.59. The van der Waals surface area contributed by atoms with Gasteiger partial charge in [-0.05, 0) is 111 Å². The molecule has 0 aliphatic heterocycles. The maximum absolute atomic E-state index is 4.62. The minimum absolute atomic E-state index is 0. The number of anilines is 6. The molecule has 0 radical (unpaired) electrons. The molecule has 1 aromatic heterocycles. The van der Waals surface area contributed by atoms with E-state index < -0.39 is 0 Å². The summed E-state index contributed by atoms with van der Waals surface area (Å²) in [6, 6.07) is 18.6. The van der Waals surface area contributed by atoms with Gasteiger partial charge < -0.3 is 16.0 Å². The highest BCUT2D eigenvalue weighted by molar-refractivity contribution is 5.63. The first kappa shape index (κ1) is 24.7. The zero-order valence-corrected chi connectivity index (χ0v) is 20.0. The van der Waals surface area contributed by atoms with E-state index in [0.717, 1.165) is 17.1 Å². The number of nitrogens with zero attached hydrogens (tertiary/aromatic N) is 3. The molecule has 0 saturated heterocycles. The smallest absolute Gasteiger partial charge is 0.233 e. The molecule has 4 rings (SSSR count). The predicted molar refractivity (Wildman–Crippen MR) is 144 cm³/mol. The number of rotatable bonds is 6. The quantitative estimate of drug-likeness (QED) is 0.279. The van der Waals surface area contributed by atoms with E-state index in [1.807, 2.05) is 18.2 Å². The lowest BCUT2D eigenvalue weighted by Crippen LogP contribution is -2.07. The van der Waals surface area contributed by atoms with Gasteiger partial charge in [0.05, 0.1) is 0 Å². The number of aromatic nitrogens is 3. The fraction of sp³-hybridized carbons (Fsp3) is 0.250. The maximum Gasteiger partial charge on any atom is 0.233 e. The van der Waals surface area contributed by atoms with Crippen LogP contribution in [-0.2, 0) is 0 Å². The molecule has 6 nitrogen and oxygen atoms in total. The van der Waals surface area contributed by atoms with Gasteiger partial charge in [-0.2, -0.15) is 15.0 Å². The molecule has 0 unspecified atom stereocenters. The molecular weight excluding hydrogens is 420 g/mol. The van der Waals surface area contributed by atoms with Crippen LogP contribution in [0.1, 0.15) is 40.8 Å². The molecule has 3 N–H and O–H groups in total. The van der Waals surface area contributed by atoms with Crippen molar-refractivity contribution in [1.29, 1.82) is 0 Å². The summed E-state index contributed by atoms with van der Waals surface area (Å²) in [5.74, 6) is 1.39. The lowest BCUT2D eigenvalue weighted by atomic mass is 10.1. The lowest BCUT2D eigenvalue weighted by molar-refractivity contribution is 1.06. The van der Waals surface area contributed by atoms with Crippen molar-refractivity contribution in [3.05, 3.63) is 88.0 Å². The Labute approximate surface area is 202 Å². The molecule has 1 heterocycles. The molecule has 6 heteroatoms. The average molecular weight is 455 g/mol. The Hall–Kier alpha value is -3.93.